The van der Waals surface area contributed by atoms with Crippen molar-refractivity contribution in [1.82, 2.24) is 15.6 Å². The number of nitrogens with zero attached hydrogens (tertiary/aromatic N) is 1. The minimum atomic E-state index is -0.726. The van der Waals surface area contributed by atoms with Gasteiger partial charge in [-0.25, -0.2) is 9.78 Å². The Bertz CT molecular complexity index is 499. The normalized spacial score (nSPS) is 18.6. The van der Waals surface area contributed by atoms with Crippen LogP contribution >= 0.6 is 23.1 Å². The van der Waals surface area contributed by atoms with Gasteiger partial charge in [-0.05, 0) is 25.6 Å². The van der Waals surface area contributed by atoms with Gasteiger partial charge in [0.2, 0.25) is 0 Å². The molecule has 20 heavy (non-hydrogen) atoms. The molecule has 5 N–H and O–H groups in total. The number of thiazole rings is 1. The minimum absolute atomic E-state index is 0.109. The number of primary amides is 1. The highest BCUT2D eigenvalue weighted by Crippen LogP contribution is 2.29. The number of nitrogens with one attached hydrogen (secondary N) is 3. The van der Waals surface area contributed by atoms with E-state index in [2.05, 4.69) is 20.9 Å². The van der Waals surface area contributed by atoms with E-state index in [0.29, 0.717) is 9.22 Å². The van der Waals surface area contributed by atoms with Crippen molar-refractivity contribution in [2.75, 3.05) is 24.7 Å². The lowest BCUT2D eigenvalue weighted by Crippen LogP contribution is -2.45. The number of amides is 3. The minimum Gasteiger partial charge on any atom is -0.351 e. The third-order valence-corrected chi connectivity index (χ3v) is 4.90. The van der Waals surface area contributed by atoms with Crippen LogP contribution in [0.3, 0.4) is 0 Å². The van der Waals surface area contributed by atoms with Crippen molar-refractivity contribution < 1.29 is 9.59 Å². The summed E-state index contributed by atoms with van der Waals surface area (Å²) in [5.74, 6) is 0.00775. The molecule has 1 aliphatic heterocycles. The molecule has 1 atom stereocenters. The maximum atomic E-state index is 12.3. The first-order valence-corrected chi connectivity index (χ1v) is 8.27. The SMILES string of the molecule is CSc1nc(NC(N)=O)c(C(=O)N[C@H]2CCCNC2)s1. The number of thioether (sulfide) groups is 1. The van der Waals surface area contributed by atoms with Gasteiger partial charge in [0.15, 0.2) is 10.2 Å². The summed E-state index contributed by atoms with van der Waals surface area (Å²) in [7, 11) is 0. The van der Waals surface area contributed by atoms with Crippen LogP contribution in [0.25, 0.3) is 0 Å². The van der Waals surface area contributed by atoms with E-state index in [4.69, 9.17) is 5.73 Å². The van der Waals surface area contributed by atoms with Crippen molar-refractivity contribution >= 4 is 40.9 Å². The van der Waals surface area contributed by atoms with Crippen LogP contribution < -0.4 is 21.7 Å². The highest BCUT2D eigenvalue weighted by Gasteiger charge is 2.22. The van der Waals surface area contributed by atoms with Crippen LogP contribution in [0.5, 0.6) is 0 Å². The number of anilines is 1. The molecule has 2 heterocycles. The van der Waals surface area contributed by atoms with Gasteiger partial charge in [-0.3, -0.25) is 10.1 Å². The van der Waals surface area contributed by atoms with Gasteiger partial charge < -0.3 is 16.4 Å². The third-order valence-electron chi connectivity index (χ3n) is 2.86. The zero-order valence-corrected chi connectivity index (χ0v) is 12.7. The Kier molecular flexibility index (Phi) is 5.21. The Morgan fingerprint density at radius 2 is 2.35 bits per heavy atom. The first-order valence-electron chi connectivity index (χ1n) is 6.23. The van der Waals surface area contributed by atoms with Crippen LogP contribution in [-0.4, -0.2) is 42.3 Å². The summed E-state index contributed by atoms with van der Waals surface area (Å²) in [6.45, 7) is 1.75. The van der Waals surface area contributed by atoms with E-state index in [-0.39, 0.29) is 17.8 Å². The molecule has 0 radical (unpaired) electrons. The molecular weight excluding hydrogens is 298 g/mol. The molecule has 0 aliphatic carbocycles. The molecule has 9 heteroatoms. The van der Waals surface area contributed by atoms with Gasteiger partial charge in [0.25, 0.3) is 5.91 Å². The van der Waals surface area contributed by atoms with Gasteiger partial charge in [0.05, 0.1) is 0 Å². The molecule has 1 aromatic heterocycles. The van der Waals surface area contributed by atoms with Crippen molar-refractivity contribution in [3.8, 4) is 0 Å². The Morgan fingerprint density at radius 1 is 1.55 bits per heavy atom. The molecular formula is C11H17N5O2S2. The summed E-state index contributed by atoms with van der Waals surface area (Å²) >= 11 is 2.66. The molecule has 1 aliphatic rings. The second kappa shape index (κ2) is 6.91. The molecule has 0 unspecified atom stereocenters. The van der Waals surface area contributed by atoms with Crippen LogP contribution in [0.15, 0.2) is 4.34 Å². The zero-order valence-electron chi connectivity index (χ0n) is 11.1. The Hall–Kier alpha value is -1.32. The fourth-order valence-electron chi connectivity index (χ4n) is 1.97. The van der Waals surface area contributed by atoms with Gasteiger partial charge in [-0.2, -0.15) is 0 Å². The van der Waals surface area contributed by atoms with Crippen molar-refractivity contribution in [3.63, 3.8) is 0 Å². The van der Waals surface area contributed by atoms with E-state index in [0.717, 1.165) is 25.9 Å². The fourth-order valence-corrected chi connectivity index (χ4v) is 3.39. The molecule has 1 fully saturated rings. The second-order valence-corrected chi connectivity index (χ2v) is 6.42. The lowest BCUT2D eigenvalue weighted by atomic mass is 10.1. The van der Waals surface area contributed by atoms with Crippen LogP contribution in [0.2, 0.25) is 0 Å². The van der Waals surface area contributed by atoms with Gasteiger partial charge in [-0.15, -0.1) is 11.3 Å². The summed E-state index contributed by atoms with van der Waals surface area (Å²) in [6.07, 6.45) is 3.85. The largest absolute Gasteiger partial charge is 0.351 e. The van der Waals surface area contributed by atoms with Crippen molar-refractivity contribution in [2.24, 2.45) is 5.73 Å². The molecule has 1 saturated heterocycles. The van der Waals surface area contributed by atoms with E-state index in [1.54, 1.807) is 0 Å². The number of carbonyl (C=O) groups excluding carboxylic acids is 2. The number of piperidine rings is 1. The van der Waals surface area contributed by atoms with Crippen molar-refractivity contribution in [1.29, 1.82) is 0 Å². The molecule has 1 aromatic rings. The molecule has 0 bridgehead atoms. The predicted molar refractivity (Wildman–Crippen MR) is 80.5 cm³/mol. The number of aromatic nitrogens is 1. The standard InChI is InChI=1S/C11H17N5O2S2/c1-19-11-16-8(15-10(12)18)7(20-11)9(17)14-6-3-2-4-13-5-6/h6,13H,2-5H2,1H3,(H,14,17)(H3,12,15,18)/t6-/m0/s1. The highest BCUT2D eigenvalue weighted by atomic mass is 32.2. The average Bonchev–Trinajstić information content (AvgIpc) is 2.82. The van der Waals surface area contributed by atoms with Gasteiger partial charge in [-0.1, -0.05) is 11.8 Å². The summed E-state index contributed by atoms with van der Waals surface area (Å²) < 4.78 is 0.709. The summed E-state index contributed by atoms with van der Waals surface area (Å²) in [5.41, 5.74) is 5.09. The summed E-state index contributed by atoms with van der Waals surface area (Å²) in [5, 5.41) is 8.58. The first kappa shape index (κ1) is 15.1. The van der Waals surface area contributed by atoms with Crippen molar-refractivity contribution in [2.45, 2.75) is 23.2 Å². The first-order chi connectivity index (χ1) is 9.60. The van der Waals surface area contributed by atoms with Gasteiger partial charge in [0, 0.05) is 12.6 Å². The lowest BCUT2D eigenvalue weighted by Gasteiger charge is -2.23. The van der Waals surface area contributed by atoms with Crippen LogP contribution in [0.4, 0.5) is 10.6 Å². The van der Waals surface area contributed by atoms with E-state index in [9.17, 15) is 9.59 Å². The number of carbonyl (C=O) groups is 2. The third kappa shape index (κ3) is 3.84. The van der Waals surface area contributed by atoms with E-state index in [1.165, 1.54) is 23.1 Å². The Balaban J connectivity index is 2.10. The maximum Gasteiger partial charge on any atom is 0.317 e. The molecule has 3 amide bonds. The maximum absolute atomic E-state index is 12.3. The van der Waals surface area contributed by atoms with E-state index in [1.807, 2.05) is 6.26 Å². The molecule has 0 saturated carbocycles. The second-order valence-electron chi connectivity index (χ2n) is 4.37. The van der Waals surface area contributed by atoms with Crippen LogP contribution in [-0.2, 0) is 0 Å². The number of hydrogen-bond donors (Lipinski definition) is 4. The van der Waals surface area contributed by atoms with Crippen molar-refractivity contribution in [3.05, 3.63) is 4.88 Å². The smallest absolute Gasteiger partial charge is 0.317 e. The lowest BCUT2D eigenvalue weighted by molar-refractivity contribution is 0.0935. The Labute approximate surface area is 125 Å². The monoisotopic (exact) mass is 315 g/mol. The van der Waals surface area contributed by atoms with E-state index < -0.39 is 6.03 Å². The Morgan fingerprint density at radius 3 is 2.95 bits per heavy atom. The molecule has 0 aromatic carbocycles. The summed E-state index contributed by atoms with van der Waals surface area (Å²) in [4.78, 5) is 27.8. The quantitative estimate of drug-likeness (QED) is 0.616. The van der Waals surface area contributed by atoms with E-state index >= 15 is 0 Å². The number of nitrogens with two attached hydrogens (primary N) is 1. The fraction of sp³-hybridized carbons (Fsp3) is 0.545. The number of urea groups is 1. The van der Waals surface area contributed by atoms with Crippen LogP contribution in [0, 0.1) is 0 Å². The summed E-state index contributed by atoms with van der Waals surface area (Å²) in [6, 6.07) is -0.617. The topological polar surface area (TPSA) is 109 Å². The molecule has 110 valence electrons. The average molecular weight is 315 g/mol. The van der Waals surface area contributed by atoms with Gasteiger partial charge in [0.1, 0.15) is 4.88 Å². The molecule has 7 nitrogen and oxygen atoms in total. The van der Waals surface area contributed by atoms with Crippen LogP contribution in [0.1, 0.15) is 22.5 Å². The van der Waals surface area contributed by atoms with Gasteiger partial charge >= 0.3 is 6.03 Å². The molecule has 0 spiro atoms. The molecule has 2 rings (SSSR count). The predicted octanol–water partition coefficient (Wildman–Crippen LogP) is 0.837. The number of rotatable bonds is 4. The zero-order chi connectivity index (χ0) is 14.5. The number of hydrogen-bond acceptors (Lipinski definition) is 6. The highest BCUT2D eigenvalue weighted by molar-refractivity contribution is 8.00.